The van der Waals surface area contributed by atoms with Gasteiger partial charge in [0.15, 0.2) is 16.1 Å². The van der Waals surface area contributed by atoms with Gasteiger partial charge in [0.2, 0.25) is 0 Å². The minimum atomic E-state index is -2.74. The van der Waals surface area contributed by atoms with Crippen LogP contribution in [-0.2, 0) is 0 Å². The summed E-state index contributed by atoms with van der Waals surface area (Å²) < 4.78 is 4.77. The highest BCUT2D eigenvalue weighted by Crippen LogP contribution is 2.47. The number of rotatable bonds is 22. The predicted molar refractivity (Wildman–Crippen MR) is 643 cm³/mol. The molecular formula is C144H102N4Si2. The van der Waals surface area contributed by atoms with Gasteiger partial charge in [-0.3, -0.25) is 0 Å². The average molecular weight is 1940 g/mol. The van der Waals surface area contributed by atoms with Gasteiger partial charge in [0.1, 0.15) is 0 Å². The molecule has 0 atom stereocenters. The number of fused-ring (bicyclic) bond motifs is 10. The van der Waals surface area contributed by atoms with Crippen molar-refractivity contribution in [3.8, 4) is 78.1 Å². The van der Waals surface area contributed by atoms with Crippen LogP contribution in [0.5, 0.6) is 0 Å². The van der Waals surface area contributed by atoms with E-state index < -0.39 is 16.1 Å². The second-order valence-electron chi connectivity index (χ2n) is 38.8. The number of benzene rings is 25. The zero-order valence-corrected chi connectivity index (χ0v) is 84.7. The molecule has 0 fully saturated rings. The number of hydrogen-bond acceptors (Lipinski definition) is 2. The van der Waals surface area contributed by atoms with Crippen molar-refractivity contribution in [1.82, 2.24) is 9.13 Å². The summed E-state index contributed by atoms with van der Waals surface area (Å²) in [5.74, 6) is 0. The molecule has 0 spiro atoms. The molecule has 6 heteroatoms. The first-order valence-corrected chi connectivity index (χ1v) is 55.7. The molecule has 0 unspecified atom stereocenters. The maximum Gasteiger partial charge on any atom is 0.179 e. The van der Waals surface area contributed by atoms with E-state index >= 15 is 0 Å². The topological polar surface area (TPSA) is 16.3 Å². The molecule has 0 amide bonds. The minimum absolute atomic E-state index is 1.08. The van der Waals surface area contributed by atoms with Crippen LogP contribution in [0.25, 0.3) is 154 Å². The fourth-order valence-corrected chi connectivity index (χ4v) is 33.1. The highest BCUT2D eigenvalue weighted by atomic mass is 28.3. The smallest absolute Gasteiger partial charge is 0.179 e. The van der Waals surface area contributed by atoms with Crippen LogP contribution in [0.4, 0.5) is 34.1 Å². The number of hydrogen-bond donors (Lipinski definition) is 0. The van der Waals surface area contributed by atoms with E-state index in [1.54, 1.807) is 0 Å². The summed E-state index contributed by atoms with van der Waals surface area (Å²) in [7, 11) is -5.47. The van der Waals surface area contributed by atoms with E-state index in [0.29, 0.717) is 0 Å². The molecule has 0 saturated carbocycles. The standard InChI is InChI=1S/C76H54N2Si.C68H48N2Si/c1-6-21-57(22-7-1)72-53-60-23-16-17-24-61(60)54-73(72)59-43-47-64(48-44-59)77(65-49-51-69(52-50-65)79(66-27-10-3-11-28-66,67-29-12-4-13-30-67)68-31-14-5-15-32-68)63-45-41-56(42-46-63)55-37-39-58(40-38-55)70-34-20-36-75-76(70)71-33-18-19-35-74(71)78(75)62-25-8-2-9-26-62;1-5-21-53(22-6-1)70-65-34-18-17-32-64(65)68-61(33-19-35-66(68)70)51-38-36-49(37-39-51)50-40-42-54(43-41-50)69(67-48-52-20-13-14-29-60(52)62-30-15-16-31-63(62)67)55-44-46-59(47-45-55)71(56-23-7-2-8-24-56,57-25-9-3-10-26-57)58-27-11-4-12-28-58/h1-54H;1-48H. The Labute approximate surface area is 876 Å². The molecule has 2 heterocycles. The van der Waals surface area contributed by atoms with Crippen molar-refractivity contribution in [2.45, 2.75) is 0 Å². The Morgan fingerprint density at radius 3 is 0.740 bits per heavy atom. The molecule has 27 rings (SSSR count). The zero-order valence-electron chi connectivity index (χ0n) is 82.7. The third-order valence-electron chi connectivity index (χ3n) is 30.5. The van der Waals surface area contributed by atoms with Crippen LogP contribution in [0.2, 0.25) is 0 Å². The number of nitrogens with zero attached hydrogens (tertiary/aromatic N) is 4. The van der Waals surface area contributed by atoms with E-state index in [4.69, 9.17) is 0 Å². The number of anilines is 6. The number of para-hydroxylation sites is 4. The molecule has 706 valence electrons. The summed E-state index contributed by atoms with van der Waals surface area (Å²) in [6, 6.07) is 228. The van der Waals surface area contributed by atoms with E-state index in [9.17, 15) is 0 Å². The van der Waals surface area contributed by atoms with Crippen LogP contribution in [-0.4, -0.2) is 25.3 Å². The molecule has 0 radical (unpaired) electrons. The molecule has 0 aliphatic rings. The fourth-order valence-electron chi connectivity index (χ4n) is 23.6. The van der Waals surface area contributed by atoms with Crippen LogP contribution in [0, 0.1) is 0 Å². The van der Waals surface area contributed by atoms with Crippen LogP contribution in [0.1, 0.15) is 0 Å². The third-order valence-corrected chi connectivity index (χ3v) is 40.1. The molecule has 0 aliphatic carbocycles. The van der Waals surface area contributed by atoms with Gasteiger partial charge in [-0.25, -0.2) is 0 Å². The Morgan fingerprint density at radius 1 is 0.140 bits per heavy atom. The van der Waals surface area contributed by atoms with E-state index in [1.807, 2.05) is 0 Å². The van der Waals surface area contributed by atoms with Crippen LogP contribution < -0.4 is 51.3 Å². The second kappa shape index (κ2) is 39.8. The molecule has 0 bridgehead atoms. The lowest BCUT2D eigenvalue weighted by Gasteiger charge is -2.35. The summed E-state index contributed by atoms with van der Waals surface area (Å²) in [6.07, 6.45) is 0. The van der Waals surface area contributed by atoms with Gasteiger partial charge >= 0.3 is 0 Å². The Kier molecular flexibility index (Phi) is 24.1. The van der Waals surface area contributed by atoms with Crippen LogP contribution in [0.15, 0.2) is 619 Å². The molecule has 150 heavy (non-hydrogen) atoms. The predicted octanol–water partition coefficient (Wildman–Crippen LogP) is 32.7. The van der Waals surface area contributed by atoms with Crippen LogP contribution in [0.3, 0.4) is 0 Å². The van der Waals surface area contributed by atoms with Crippen LogP contribution >= 0.6 is 0 Å². The maximum atomic E-state index is 2.45. The van der Waals surface area contributed by atoms with Crippen molar-refractivity contribution in [3.63, 3.8) is 0 Å². The molecule has 25 aromatic carbocycles. The zero-order chi connectivity index (χ0) is 99.7. The van der Waals surface area contributed by atoms with Gasteiger partial charge in [-0.15, -0.1) is 0 Å². The summed E-state index contributed by atoms with van der Waals surface area (Å²) in [5, 5.41) is 23.2. The van der Waals surface area contributed by atoms with E-state index in [0.717, 1.165) is 51.1 Å². The van der Waals surface area contributed by atoms with E-state index in [2.05, 4.69) is 638 Å². The molecule has 27 aromatic rings. The lowest BCUT2D eigenvalue weighted by atomic mass is 9.91. The Hall–Kier alpha value is -19.1. The largest absolute Gasteiger partial charge is 0.311 e. The van der Waals surface area contributed by atoms with E-state index in [-0.39, 0.29) is 0 Å². The maximum absolute atomic E-state index is 2.74. The highest BCUT2D eigenvalue weighted by molar-refractivity contribution is 7.20. The first kappa shape index (κ1) is 90.9. The minimum Gasteiger partial charge on any atom is -0.311 e. The molecule has 0 saturated heterocycles. The first-order chi connectivity index (χ1) is 74.4. The van der Waals surface area contributed by atoms with Gasteiger partial charge in [-0.05, 0) is 263 Å². The monoisotopic (exact) mass is 1940 g/mol. The molecule has 0 N–H and O–H groups in total. The molecule has 4 nitrogen and oxygen atoms in total. The van der Waals surface area contributed by atoms with Crippen molar-refractivity contribution in [2.24, 2.45) is 0 Å². The summed E-state index contributed by atoms with van der Waals surface area (Å²) in [6.45, 7) is 0. The molecular weight excluding hydrogens is 1840 g/mol. The lowest BCUT2D eigenvalue weighted by Crippen LogP contribution is -2.74. The summed E-state index contributed by atoms with van der Waals surface area (Å²) in [4.78, 5) is 4.86. The Morgan fingerprint density at radius 2 is 0.380 bits per heavy atom. The van der Waals surface area contributed by atoms with Gasteiger partial charge in [0, 0.05) is 66.7 Å². The van der Waals surface area contributed by atoms with Gasteiger partial charge in [0.05, 0.1) is 27.8 Å². The van der Waals surface area contributed by atoms with Gasteiger partial charge in [-0.2, -0.15) is 0 Å². The van der Waals surface area contributed by atoms with Crippen molar-refractivity contribution in [1.29, 1.82) is 0 Å². The van der Waals surface area contributed by atoms with Gasteiger partial charge < -0.3 is 18.9 Å². The average Bonchev–Trinajstić information content (AvgIpc) is 1.68. The highest BCUT2D eigenvalue weighted by Gasteiger charge is 2.43. The third kappa shape index (κ3) is 16.5. The molecule has 0 aliphatic heterocycles. The van der Waals surface area contributed by atoms with Crippen molar-refractivity contribution >= 4 is 168 Å². The van der Waals surface area contributed by atoms with Crippen molar-refractivity contribution in [2.75, 3.05) is 9.80 Å². The normalized spacial score (nSPS) is 11.6. The fraction of sp³-hybridized carbons (Fsp3) is 0. The number of aromatic nitrogens is 2. The van der Waals surface area contributed by atoms with Gasteiger partial charge in [0.25, 0.3) is 0 Å². The van der Waals surface area contributed by atoms with Crippen molar-refractivity contribution in [3.05, 3.63) is 619 Å². The van der Waals surface area contributed by atoms with Crippen molar-refractivity contribution < 1.29 is 0 Å². The second-order valence-corrected chi connectivity index (χ2v) is 46.4. The Balaban J connectivity index is 0.000000152. The summed E-state index contributed by atoms with van der Waals surface area (Å²) in [5.41, 5.74) is 28.1. The SMILES string of the molecule is c1ccc(-c2cc3ccccc3cc2-c2ccc(N(c3ccc(-c4ccc(-c5cccc6c5c5ccccc5n6-c5ccccc5)cc4)cc3)c3ccc([Si](c4ccccc4)(c4ccccc4)c4ccccc4)cc3)cc2)cc1.c1ccc(-n2c3ccccc3c3c(-c4ccc(-c5ccc(N(c6ccc([Si](c7ccccc7)(c7ccccc7)c7ccccc7)cc6)c6cc7ccccc7c7ccccc67)cc5)cc4)cccc32)cc1. The van der Waals surface area contributed by atoms with E-state index in [1.165, 1.54) is 179 Å². The van der Waals surface area contributed by atoms with Gasteiger partial charge in [-0.1, -0.05) is 491 Å². The quantitative estimate of drug-likeness (QED) is 0.0382. The Bertz CT molecular complexity index is 9320. The molecule has 2 aromatic heterocycles. The first-order valence-electron chi connectivity index (χ1n) is 51.7. The summed E-state index contributed by atoms with van der Waals surface area (Å²) >= 11 is 0. The lowest BCUT2D eigenvalue weighted by molar-refractivity contribution is 1.18.